The third-order valence-corrected chi connectivity index (χ3v) is 4.85. The van der Waals surface area contributed by atoms with E-state index in [1.54, 1.807) is 0 Å². The lowest BCUT2D eigenvalue weighted by atomic mass is 9.94. The first-order valence-electron chi connectivity index (χ1n) is 7.13. The Morgan fingerprint density at radius 3 is 2.89 bits per heavy atom. The average molecular weight is 263 g/mol. The van der Waals surface area contributed by atoms with Gasteiger partial charge in [0.05, 0.1) is 6.04 Å². The monoisotopic (exact) mass is 263 g/mol. The Bertz CT molecular complexity index is 481. The van der Waals surface area contributed by atoms with Gasteiger partial charge in [-0.25, -0.2) is 0 Å². The quantitative estimate of drug-likeness (QED) is 0.911. The van der Waals surface area contributed by atoms with E-state index < -0.39 is 5.97 Å². The molecule has 104 valence electrons. The highest BCUT2D eigenvalue weighted by Crippen LogP contribution is 2.45. The van der Waals surface area contributed by atoms with Gasteiger partial charge in [0, 0.05) is 6.54 Å². The molecule has 0 amide bonds. The molecule has 1 aromatic heterocycles. The summed E-state index contributed by atoms with van der Waals surface area (Å²) in [7, 11) is 0. The van der Waals surface area contributed by atoms with Crippen LogP contribution in [0.3, 0.4) is 0 Å². The van der Waals surface area contributed by atoms with Crippen molar-refractivity contribution >= 4 is 5.97 Å². The molecule has 1 saturated heterocycles. The summed E-state index contributed by atoms with van der Waals surface area (Å²) in [5.74, 6) is 1.97. The predicted molar refractivity (Wildman–Crippen MR) is 70.8 cm³/mol. The standard InChI is InChI=1S/C15H21NO3/c1-9-6-7-13(19-9)10(2)16-8-11-4-3-5-12(11)14(16)15(17)18/h6-7,10-12,14H,3-5,8H2,1-2H3,(H,17,18). The number of nitrogens with zero attached hydrogens (tertiary/aromatic N) is 1. The number of furan rings is 1. The Morgan fingerprint density at radius 2 is 2.26 bits per heavy atom. The van der Waals surface area contributed by atoms with E-state index in [1.165, 1.54) is 12.8 Å². The summed E-state index contributed by atoms with van der Waals surface area (Å²) < 4.78 is 5.67. The Balaban J connectivity index is 1.85. The Labute approximate surface area is 113 Å². The van der Waals surface area contributed by atoms with E-state index in [2.05, 4.69) is 11.8 Å². The molecule has 1 aliphatic carbocycles. The summed E-state index contributed by atoms with van der Waals surface area (Å²) in [5, 5.41) is 9.56. The molecule has 3 rings (SSSR count). The van der Waals surface area contributed by atoms with E-state index in [-0.39, 0.29) is 12.1 Å². The zero-order valence-electron chi connectivity index (χ0n) is 11.5. The van der Waals surface area contributed by atoms with Crippen molar-refractivity contribution in [3.63, 3.8) is 0 Å². The molecule has 4 heteroatoms. The van der Waals surface area contributed by atoms with Gasteiger partial charge in [-0.2, -0.15) is 0 Å². The summed E-state index contributed by atoms with van der Waals surface area (Å²) in [4.78, 5) is 13.7. The second kappa shape index (κ2) is 4.67. The first-order chi connectivity index (χ1) is 9.08. The molecule has 4 atom stereocenters. The maximum Gasteiger partial charge on any atom is 0.321 e. The number of carboxylic acids is 1. The molecule has 0 radical (unpaired) electrons. The highest BCUT2D eigenvalue weighted by Gasteiger charge is 2.49. The van der Waals surface area contributed by atoms with E-state index in [9.17, 15) is 9.90 Å². The first-order valence-corrected chi connectivity index (χ1v) is 7.13. The van der Waals surface area contributed by atoms with Crippen LogP contribution in [-0.2, 0) is 4.79 Å². The van der Waals surface area contributed by atoms with Gasteiger partial charge in [0.25, 0.3) is 0 Å². The molecule has 1 aliphatic heterocycles. The zero-order valence-corrected chi connectivity index (χ0v) is 11.5. The van der Waals surface area contributed by atoms with Crippen LogP contribution in [0, 0.1) is 18.8 Å². The van der Waals surface area contributed by atoms with Crippen molar-refractivity contribution in [1.29, 1.82) is 0 Å². The molecule has 0 bridgehead atoms. The number of fused-ring (bicyclic) bond motifs is 1. The molecule has 0 spiro atoms. The minimum Gasteiger partial charge on any atom is -0.480 e. The van der Waals surface area contributed by atoms with E-state index in [4.69, 9.17) is 4.42 Å². The van der Waals surface area contributed by atoms with E-state index in [1.807, 2.05) is 19.1 Å². The predicted octanol–water partition coefficient (Wildman–Crippen LogP) is 2.83. The zero-order chi connectivity index (χ0) is 13.6. The van der Waals surface area contributed by atoms with Crippen LogP contribution in [0.5, 0.6) is 0 Å². The smallest absolute Gasteiger partial charge is 0.321 e. The average Bonchev–Trinajstić information content (AvgIpc) is 3.00. The molecule has 4 unspecified atom stereocenters. The number of hydrogen-bond acceptors (Lipinski definition) is 3. The SMILES string of the molecule is Cc1ccc(C(C)N2CC3CCCC3C2C(=O)O)o1. The molecule has 1 aromatic rings. The third-order valence-electron chi connectivity index (χ3n) is 4.85. The van der Waals surface area contributed by atoms with Gasteiger partial charge >= 0.3 is 5.97 Å². The van der Waals surface area contributed by atoms with Gasteiger partial charge in [0.1, 0.15) is 17.6 Å². The summed E-state index contributed by atoms with van der Waals surface area (Å²) in [6.07, 6.45) is 3.41. The van der Waals surface area contributed by atoms with Crippen molar-refractivity contribution in [3.05, 3.63) is 23.7 Å². The lowest BCUT2D eigenvalue weighted by Gasteiger charge is -2.29. The van der Waals surface area contributed by atoms with Crippen LogP contribution in [0.4, 0.5) is 0 Å². The van der Waals surface area contributed by atoms with Crippen LogP contribution < -0.4 is 0 Å². The Morgan fingerprint density at radius 1 is 1.47 bits per heavy atom. The van der Waals surface area contributed by atoms with E-state index in [0.29, 0.717) is 11.8 Å². The van der Waals surface area contributed by atoms with Crippen molar-refractivity contribution in [3.8, 4) is 0 Å². The molecule has 0 aromatic carbocycles. The number of aryl methyl sites for hydroxylation is 1. The maximum absolute atomic E-state index is 11.6. The highest BCUT2D eigenvalue weighted by atomic mass is 16.4. The van der Waals surface area contributed by atoms with Crippen LogP contribution in [0.25, 0.3) is 0 Å². The largest absolute Gasteiger partial charge is 0.480 e. The van der Waals surface area contributed by atoms with Crippen molar-refractivity contribution in [1.82, 2.24) is 4.90 Å². The van der Waals surface area contributed by atoms with Gasteiger partial charge in [0.2, 0.25) is 0 Å². The Kier molecular flexibility index (Phi) is 3.13. The molecule has 2 aliphatic rings. The first kappa shape index (κ1) is 12.7. The second-order valence-electron chi connectivity index (χ2n) is 5.96. The van der Waals surface area contributed by atoms with Crippen LogP contribution in [-0.4, -0.2) is 28.6 Å². The van der Waals surface area contributed by atoms with Gasteiger partial charge in [-0.05, 0) is 50.7 Å². The van der Waals surface area contributed by atoms with Gasteiger partial charge in [-0.3, -0.25) is 9.69 Å². The number of rotatable bonds is 3. The van der Waals surface area contributed by atoms with Crippen molar-refractivity contribution < 1.29 is 14.3 Å². The summed E-state index contributed by atoms with van der Waals surface area (Å²) in [6, 6.07) is 3.61. The molecule has 2 heterocycles. The summed E-state index contributed by atoms with van der Waals surface area (Å²) in [6.45, 7) is 4.86. The van der Waals surface area contributed by atoms with Crippen molar-refractivity contribution in [2.75, 3.05) is 6.54 Å². The van der Waals surface area contributed by atoms with Crippen LogP contribution >= 0.6 is 0 Å². The van der Waals surface area contributed by atoms with Crippen LogP contribution in [0.15, 0.2) is 16.5 Å². The molecule has 1 saturated carbocycles. The molecular formula is C15H21NO3. The summed E-state index contributed by atoms with van der Waals surface area (Å²) >= 11 is 0. The van der Waals surface area contributed by atoms with Crippen molar-refractivity contribution in [2.45, 2.75) is 45.2 Å². The van der Waals surface area contributed by atoms with E-state index >= 15 is 0 Å². The molecule has 19 heavy (non-hydrogen) atoms. The van der Waals surface area contributed by atoms with Crippen LogP contribution in [0.1, 0.15) is 43.7 Å². The van der Waals surface area contributed by atoms with Gasteiger partial charge in [0.15, 0.2) is 0 Å². The normalized spacial score (nSPS) is 32.4. The third kappa shape index (κ3) is 2.08. The fraction of sp³-hybridized carbons (Fsp3) is 0.667. The number of carboxylic acid groups (broad SMARTS) is 1. The fourth-order valence-electron chi connectivity index (χ4n) is 3.90. The topological polar surface area (TPSA) is 53.7 Å². The minimum atomic E-state index is -0.676. The number of hydrogen-bond donors (Lipinski definition) is 1. The Hall–Kier alpha value is -1.29. The maximum atomic E-state index is 11.6. The fourth-order valence-corrected chi connectivity index (χ4v) is 3.90. The second-order valence-corrected chi connectivity index (χ2v) is 5.96. The lowest BCUT2D eigenvalue weighted by Crippen LogP contribution is -2.40. The van der Waals surface area contributed by atoms with Gasteiger partial charge in [-0.1, -0.05) is 6.42 Å². The molecule has 2 fully saturated rings. The number of likely N-dealkylation sites (tertiary alicyclic amines) is 1. The minimum absolute atomic E-state index is 0.0420. The molecule has 1 N–H and O–H groups in total. The van der Waals surface area contributed by atoms with Gasteiger partial charge in [-0.15, -0.1) is 0 Å². The molecule has 4 nitrogen and oxygen atoms in total. The molecular weight excluding hydrogens is 242 g/mol. The van der Waals surface area contributed by atoms with Crippen LogP contribution in [0.2, 0.25) is 0 Å². The highest BCUT2D eigenvalue weighted by molar-refractivity contribution is 5.74. The number of carbonyl (C=O) groups is 1. The van der Waals surface area contributed by atoms with Gasteiger partial charge < -0.3 is 9.52 Å². The van der Waals surface area contributed by atoms with E-state index in [0.717, 1.165) is 24.5 Å². The van der Waals surface area contributed by atoms with Crippen molar-refractivity contribution in [2.24, 2.45) is 11.8 Å². The lowest BCUT2D eigenvalue weighted by molar-refractivity contribution is -0.144. The summed E-state index contributed by atoms with van der Waals surface area (Å²) in [5.41, 5.74) is 0. The number of aliphatic carboxylic acids is 1.